The van der Waals surface area contributed by atoms with Gasteiger partial charge in [0.25, 0.3) is 0 Å². The van der Waals surface area contributed by atoms with Gasteiger partial charge in [-0.3, -0.25) is 0 Å². The summed E-state index contributed by atoms with van der Waals surface area (Å²) in [5.41, 5.74) is 2.77. The highest BCUT2D eigenvalue weighted by Gasteiger charge is 2.18. The summed E-state index contributed by atoms with van der Waals surface area (Å²) < 4.78 is 0. The van der Waals surface area contributed by atoms with Gasteiger partial charge in [-0.15, -0.1) is 0 Å². The summed E-state index contributed by atoms with van der Waals surface area (Å²) in [5, 5.41) is 0. The van der Waals surface area contributed by atoms with Crippen LogP contribution >= 0.6 is 0 Å². The van der Waals surface area contributed by atoms with Crippen LogP contribution in [-0.2, 0) is 22.6 Å². The minimum atomic E-state index is -0.625. The molecule has 0 unspecified atom stereocenters. The topological polar surface area (TPSA) is 52.6 Å². The maximum Gasteiger partial charge on any atom is 0.386 e. The second kappa shape index (κ2) is 15.2. The Morgan fingerprint density at radius 3 is 1.34 bits per heavy atom. The Hall–Kier alpha value is -2.62. The summed E-state index contributed by atoms with van der Waals surface area (Å²) in [6.07, 6.45) is 13.2. The first-order chi connectivity index (χ1) is 15.7. The van der Waals surface area contributed by atoms with E-state index in [1.54, 1.807) is 24.3 Å². The third-order valence-electron chi connectivity index (χ3n) is 5.77. The average molecular weight is 439 g/mol. The van der Waals surface area contributed by atoms with Gasteiger partial charge in [-0.1, -0.05) is 102 Å². The molecule has 174 valence electrons. The molecule has 0 spiro atoms. The Labute approximate surface area is 193 Å². The van der Waals surface area contributed by atoms with Crippen molar-refractivity contribution in [1.82, 2.24) is 0 Å². The molecule has 0 aliphatic carbocycles. The van der Waals surface area contributed by atoms with E-state index in [1.165, 1.54) is 38.5 Å². The van der Waals surface area contributed by atoms with Crippen molar-refractivity contribution < 1.29 is 19.4 Å². The number of rotatable bonds is 14. The third kappa shape index (κ3) is 8.86. The zero-order chi connectivity index (χ0) is 23.0. The lowest BCUT2D eigenvalue weighted by Crippen LogP contribution is -2.14. The number of unbranched alkanes of at least 4 members (excludes halogenated alkanes) is 8. The van der Waals surface area contributed by atoms with E-state index in [4.69, 9.17) is 9.78 Å². The molecule has 4 heteroatoms. The molecule has 0 atom stereocenters. The SMILES string of the molecule is CCCCCCCc1ccccc1C(=O)OOC(=O)c1ccccc1CCCCCCC. The highest BCUT2D eigenvalue weighted by molar-refractivity contribution is 5.93. The Balaban J connectivity index is 1.90. The second-order valence-electron chi connectivity index (χ2n) is 8.38. The number of carbonyl (C=O) groups excluding carboxylic acids is 2. The van der Waals surface area contributed by atoms with Crippen molar-refractivity contribution in [2.45, 2.75) is 90.9 Å². The summed E-state index contributed by atoms with van der Waals surface area (Å²) in [5.74, 6) is -1.25. The minimum absolute atomic E-state index is 0.458. The Morgan fingerprint density at radius 1 is 0.562 bits per heavy atom. The molecule has 0 heterocycles. The Morgan fingerprint density at radius 2 is 0.938 bits per heavy atom. The van der Waals surface area contributed by atoms with Crippen molar-refractivity contribution in [3.63, 3.8) is 0 Å². The molecule has 0 aromatic heterocycles. The van der Waals surface area contributed by atoms with Gasteiger partial charge in [0.05, 0.1) is 11.1 Å². The number of carbonyl (C=O) groups is 2. The maximum atomic E-state index is 12.6. The van der Waals surface area contributed by atoms with E-state index in [1.807, 2.05) is 24.3 Å². The van der Waals surface area contributed by atoms with Crippen molar-refractivity contribution in [2.24, 2.45) is 0 Å². The van der Waals surface area contributed by atoms with Crippen LogP contribution in [0, 0.1) is 0 Å². The van der Waals surface area contributed by atoms with Crippen LogP contribution in [0.1, 0.15) is 110 Å². The molecule has 2 aromatic carbocycles. The van der Waals surface area contributed by atoms with Crippen molar-refractivity contribution in [1.29, 1.82) is 0 Å². The molecule has 0 bridgehead atoms. The molecule has 2 aromatic rings. The van der Waals surface area contributed by atoms with Crippen LogP contribution in [0.4, 0.5) is 0 Å². The van der Waals surface area contributed by atoms with E-state index >= 15 is 0 Å². The molecule has 32 heavy (non-hydrogen) atoms. The summed E-state index contributed by atoms with van der Waals surface area (Å²) in [7, 11) is 0. The van der Waals surface area contributed by atoms with Gasteiger partial charge in [-0.25, -0.2) is 19.4 Å². The van der Waals surface area contributed by atoms with Crippen LogP contribution < -0.4 is 0 Å². The van der Waals surface area contributed by atoms with Gasteiger partial charge in [-0.05, 0) is 48.9 Å². The molecule has 0 aliphatic rings. The highest BCUT2D eigenvalue weighted by atomic mass is 17.2. The molecule has 4 nitrogen and oxygen atoms in total. The number of benzene rings is 2. The first kappa shape index (κ1) is 25.6. The monoisotopic (exact) mass is 438 g/mol. The summed E-state index contributed by atoms with van der Waals surface area (Å²) >= 11 is 0. The largest absolute Gasteiger partial charge is 0.386 e. The predicted octanol–water partition coefficient (Wildman–Crippen LogP) is 7.64. The van der Waals surface area contributed by atoms with Crippen LogP contribution in [0.2, 0.25) is 0 Å². The zero-order valence-corrected chi connectivity index (χ0v) is 19.7. The van der Waals surface area contributed by atoms with Crippen molar-refractivity contribution in [3.8, 4) is 0 Å². The highest BCUT2D eigenvalue weighted by Crippen LogP contribution is 2.18. The van der Waals surface area contributed by atoms with E-state index in [-0.39, 0.29) is 0 Å². The normalized spacial score (nSPS) is 10.7. The predicted molar refractivity (Wildman–Crippen MR) is 129 cm³/mol. The average Bonchev–Trinajstić information content (AvgIpc) is 2.82. The number of hydrogen-bond donors (Lipinski definition) is 0. The molecular formula is C28H38O4. The van der Waals surface area contributed by atoms with Gasteiger partial charge in [0.2, 0.25) is 0 Å². The van der Waals surface area contributed by atoms with Gasteiger partial charge < -0.3 is 0 Å². The van der Waals surface area contributed by atoms with Crippen molar-refractivity contribution in [3.05, 3.63) is 70.8 Å². The van der Waals surface area contributed by atoms with Crippen molar-refractivity contribution >= 4 is 11.9 Å². The molecule has 0 radical (unpaired) electrons. The van der Waals surface area contributed by atoms with E-state index < -0.39 is 11.9 Å². The molecule has 0 amide bonds. The van der Waals surface area contributed by atoms with Crippen LogP contribution in [0.3, 0.4) is 0 Å². The lowest BCUT2D eigenvalue weighted by atomic mass is 10.0. The summed E-state index contributed by atoms with van der Waals surface area (Å²) in [4.78, 5) is 35.1. The lowest BCUT2D eigenvalue weighted by molar-refractivity contribution is -0.187. The first-order valence-corrected chi connectivity index (χ1v) is 12.3. The summed E-state index contributed by atoms with van der Waals surface area (Å²) in [6, 6.07) is 14.8. The molecular weight excluding hydrogens is 400 g/mol. The fourth-order valence-electron chi connectivity index (χ4n) is 3.88. The van der Waals surface area contributed by atoms with E-state index in [2.05, 4.69) is 13.8 Å². The summed E-state index contributed by atoms with van der Waals surface area (Å²) in [6.45, 7) is 4.39. The fraction of sp³-hybridized carbons (Fsp3) is 0.500. The van der Waals surface area contributed by atoms with Gasteiger partial charge in [0.15, 0.2) is 0 Å². The van der Waals surface area contributed by atoms with Crippen LogP contribution in [0.15, 0.2) is 48.5 Å². The van der Waals surface area contributed by atoms with Gasteiger partial charge >= 0.3 is 11.9 Å². The molecule has 0 fully saturated rings. The molecule has 0 saturated carbocycles. The Kier molecular flexibility index (Phi) is 12.2. The molecule has 0 N–H and O–H groups in total. The third-order valence-corrected chi connectivity index (χ3v) is 5.77. The molecule has 0 aliphatic heterocycles. The van der Waals surface area contributed by atoms with Gasteiger partial charge in [-0.2, -0.15) is 0 Å². The molecule has 2 rings (SSSR count). The Bertz CT molecular complexity index is 758. The standard InChI is InChI=1S/C28H38O4/c1-3-5-7-9-11-17-23-19-13-15-21-25(23)27(29)31-32-28(30)26-22-16-14-20-24(26)18-12-10-8-6-4-2/h13-16,19-22H,3-12,17-18H2,1-2H3. The second-order valence-corrected chi connectivity index (χ2v) is 8.38. The number of aryl methyl sites for hydroxylation is 2. The van der Waals surface area contributed by atoms with Crippen molar-refractivity contribution in [2.75, 3.05) is 0 Å². The number of hydrogen-bond acceptors (Lipinski definition) is 4. The van der Waals surface area contributed by atoms with Gasteiger partial charge in [0.1, 0.15) is 0 Å². The first-order valence-electron chi connectivity index (χ1n) is 12.3. The fourth-order valence-corrected chi connectivity index (χ4v) is 3.88. The quantitative estimate of drug-likeness (QED) is 0.173. The van der Waals surface area contributed by atoms with E-state index in [0.29, 0.717) is 11.1 Å². The van der Waals surface area contributed by atoms with Crippen LogP contribution in [0.5, 0.6) is 0 Å². The lowest BCUT2D eigenvalue weighted by Gasteiger charge is -2.10. The smallest absolute Gasteiger partial charge is 0.241 e. The zero-order valence-electron chi connectivity index (χ0n) is 19.7. The van der Waals surface area contributed by atoms with Crippen LogP contribution in [0.25, 0.3) is 0 Å². The minimum Gasteiger partial charge on any atom is -0.241 e. The molecule has 0 saturated heterocycles. The van der Waals surface area contributed by atoms with Gasteiger partial charge in [0, 0.05) is 0 Å². The maximum absolute atomic E-state index is 12.6. The van der Waals surface area contributed by atoms with E-state index in [9.17, 15) is 9.59 Å². The van der Waals surface area contributed by atoms with E-state index in [0.717, 1.165) is 49.7 Å². The van der Waals surface area contributed by atoms with Crippen LogP contribution in [-0.4, -0.2) is 11.9 Å².